The Morgan fingerprint density at radius 3 is 2.57 bits per heavy atom. The van der Waals surface area contributed by atoms with Crippen LogP contribution in [0.5, 0.6) is 11.5 Å². The zero-order valence-corrected chi connectivity index (χ0v) is 11.2. The number of nitro groups is 1. The molecule has 0 saturated carbocycles. The summed E-state index contributed by atoms with van der Waals surface area (Å²) in [5, 5.41) is 20.1. The molecule has 0 unspecified atom stereocenters. The van der Waals surface area contributed by atoms with Crippen LogP contribution in [0.2, 0.25) is 0 Å². The normalized spacial score (nSPS) is 10.2. The predicted octanol–water partition coefficient (Wildman–Crippen LogP) is 1.46. The van der Waals surface area contributed by atoms with Crippen LogP contribution in [0.15, 0.2) is 30.6 Å². The van der Waals surface area contributed by atoms with E-state index in [9.17, 15) is 10.1 Å². The van der Waals surface area contributed by atoms with E-state index in [1.807, 2.05) is 0 Å². The Balaban J connectivity index is 2.29. The molecule has 0 radical (unpaired) electrons. The molecular weight excluding hydrogens is 278 g/mol. The van der Waals surface area contributed by atoms with Crippen molar-refractivity contribution in [3.63, 3.8) is 0 Å². The van der Waals surface area contributed by atoms with Gasteiger partial charge in [-0.1, -0.05) is 0 Å². The zero-order valence-electron chi connectivity index (χ0n) is 11.2. The Kier molecular flexibility index (Phi) is 4.62. The van der Waals surface area contributed by atoms with Crippen LogP contribution in [-0.4, -0.2) is 27.1 Å². The van der Waals surface area contributed by atoms with Crippen molar-refractivity contribution in [1.29, 1.82) is 0 Å². The minimum absolute atomic E-state index is 0.0484. The topological polar surface area (TPSA) is 108 Å². The third-order valence-corrected chi connectivity index (χ3v) is 2.71. The van der Waals surface area contributed by atoms with Gasteiger partial charge in [-0.3, -0.25) is 10.1 Å². The first kappa shape index (κ1) is 14.7. The summed E-state index contributed by atoms with van der Waals surface area (Å²) >= 11 is 0. The molecule has 8 nitrogen and oxygen atoms in total. The van der Waals surface area contributed by atoms with Gasteiger partial charge in [0.2, 0.25) is 0 Å². The van der Waals surface area contributed by atoms with E-state index in [2.05, 4.69) is 9.97 Å². The van der Waals surface area contributed by atoms with E-state index in [1.54, 1.807) is 18.5 Å². The van der Waals surface area contributed by atoms with E-state index in [4.69, 9.17) is 14.6 Å². The average molecular weight is 291 g/mol. The number of hydrogen-bond donors (Lipinski definition) is 1. The lowest BCUT2D eigenvalue weighted by molar-refractivity contribution is -0.386. The molecule has 0 amide bonds. The fraction of sp³-hybridized carbons (Fsp3) is 0.231. The molecule has 21 heavy (non-hydrogen) atoms. The van der Waals surface area contributed by atoms with Crippen LogP contribution in [0.3, 0.4) is 0 Å². The highest BCUT2D eigenvalue weighted by Crippen LogP contribution is 2.35. The van der Waals surface area contributed by atoms with Crippen molar-refractivity contribution >= 4 is 5.69 Å². The molecule has 0 aliphatic rings. The van der Waals surface area contributed by atoms with Gasteiger partial charge in [-0.05, 0) is 12.1 Å². The lowest BCUT2D eigenvalue weighted by Crippen LogP contribution is -2.04. The van der Waals surface area contributed by atoms with Crippen molar-refractivity contribution in [2.75, 3.05) is 7.11 Å². The summed E-state index contributed by atoms with van der Waals surface area (Å²) in [5.74, 6) is 0.919. The van der Waals surface area contributed by atoms with Gasteiger partial charge >= 0.3 is 0 Å². The Bertz CT molecular complexity index is 633. The van der Waals surface area contributed by atoms with Gasteiger partial charge in [0.1, 0.15) is 6.61 Å². The number of rotatable bonds is 6. The second kappa shape index (κ2) is 6.62. The molecule has 110 valence electrons. The molecule has 0 bridgehead atoms. The van der Waals surface area contributed by atoms with E-state index in [0.717, 1.165) is 0 Å². The minimum atomic E-state index is -0.586. The third kappa shape index (κ3) is 3.42. The average Bonchev–Trinajstić information content (AvgIpc) is 2.52. The highest BCUT2D eigenvalue weighted by Gasteiger charge is 2.19. The third-order valence-electron chi connectivity index (χ3n) is 2.71. The van der Waals surface area contributed by atoms with Gasteiger partial charge in [-0.2, -0.15) is 0 Å². The standard InChI is InChI=1S/C13H13N3O5/c1-20-11-5-9(7-17)10(16(18)19)6-12(11)21-8-13-14-3-2-4-15-13/h2-6,17H,7-8H2,1H3. The SMILES string of the molecule is COc1cc(CO)c([N+](=O)[O-])cc1OCc1ncccn1. The van der Waals surface area contributed by atoms with E-state index >= 15 is 0 Å². The number of aliphatic hydroxyl groups excluding tert-OH is 1. The summed E-state index contributed by atoms with van der Waals surface area (Å²) < 4.78 is 10.6. The van der Waals surface area contributed by atoms with E-state index in [1.165, 1.54) is 19.2 Å². The van der Waals surface area contributed by atoms with Gasteiger partial charge in [0, 0.05) is 12.4 Å². The van der Waals surface area contributed by atoms with Crippen molar-refractivity contribution in [3.8, 4) is 11.5 Å². The molecule has 1 heterocycles. The summed E-state index contributed by atoms with van der Waals surface area (Å²) in [7, 11) is 1.41. The predicted molar refractivity (Wildman–Crippen MR) is 71.9 cm³/mol. The summed E-state index contributed by atoms with van der Waals surface area (Å²) in [4.78, 5) is 18.4. The molecule has 0 saturated heterocycles. The Morgan fingerprint density at radius 1 is 1.29 bits per heavy atom. The van der Waals surface area contributed by atoms with Crippen LogP contribution in [0.1, 0.15) is 11.4 Å². The maximum absolute atomic E-state index is 11.0. The van der Waals surface area contributed by atoms with Crippen molar-refractivity contribution in [2.45, 2.75) is 13.2 Å². The first-order chi connectivity index (χ1) is 10.2. The first-order valence-electron chi connectivity index (χ1n) is 6.00. The van der Waals surface area contributed by atoms with Gasteiger partial charge in [-0.15, -0.1) is 0 Å². The van der Waals surface area contributed by atoms with Crippen molar-refractivity contribution < 1.29 is 19.5 Å². The summed E-state index contributed by atoms with van der Waals surface area (Å²) in [5.41, 5.74) is -0.0811. The number of benzene rings is 1. The number of nitrogens with zero attached hydrogens (tertiary/aromatic N) is 3. The van der Waals surface area contributed by atoms with E-state index in [-0.39, 0.29) is 23.6 Å². The van der Waals surface area contributed by atoms with E-state index < -0.39 is 11.5 Å². The van der Waals surface area contributed by atoms with Crippen LogP contribution < -0.4 is 9.47 Å². The number of nitro benzene ring substituents is 1. The zero-order chi connectivity index (χ0) is 15.2. The monoisotopic (exact) mass is 291 g/mol. The highest BCUT2D eigenvalue weighted by atomic mass is 16.6. The molecule has 1 N–H and O–H groups in total. The second-order valence-corrected chi connectivity index (χ2v) is 4.00. The van der Waals surface area contributed by atoms with Crippen molar-refractivity contribution in [1.82, 2.24) is 9.97 Å². The van der Waals surface area contributed by atoms with E-state index in [0.29, 0.717) is 11.6 Å². The molecule has 1 aromatic heterocycles. The number of hydrogen-bond acceptors (Lipinski definition) is 7. The fourth-order valence-electron chi connectivity index (χ4n) is 1.71. The lowest BCUT2D eigenvalue weighted by atomic mass is 10.1. The largest absolute Gasteiger partial charge is 0.493 e. The molecule has 0 spiro atoms. The molecule has 2 aromatic rings. The second-order valence-electron chi connectivity index (χ2n) is 4.00. The van der Waals surface area contributed by atoms with Crippen LogP contribution in [-0.2, 0) is 13.2 Å². The molecule has 8 heteroatoms. The molecule has 1 aromatic carbocycles. The smallest absolute Gasteiger partial charge is 0.278 e. The van der Waals surface area contributed by atoms with Gasteiger partial charge in [0.15, 0.2) is 17.3 Å². The van der Waals surface area contributed by atoms with Gasteiger partial charge in [-0.25, -0.2) is 9.97 Å². The molecule has 0 aliphatic heterocycles. The first-order valence-corrected chi connectivity index (χ1v) is 6.00. The van der Waals surface area contributed by atoms with Crippen molar-refractivity contribution in [2.24, 2.45) is 0 Å². The Labute approximate surface area is 120 Å². The molecule has 0 atom stereocenters. The lowest BCUT2D eigenvalue weighted by Gasteiger charge is -2.11. The Morgan fingerprint density at radius 2 is 2.00 bits per heavy atom. The van der Waals surface area contributed by atoms with Crippen molar-refractivity contribution in [3.05, 3.63) is 52.1 Å². The van der Waals surface area contributed by atoms with Gasteiger partial charge < -0.3 is 14.6 Å². The molecule has 0 fully saturated rings. The van der Waals surface area contributed by atoms with Gasteiger partial charge in [0.05, 0.1) is 30.3 Å². The van der Waals surface area contributed by atoms with Gasteiger partial charge in [0.25, 0.3) is 5.69 Å². The van der Waals surface area contributed by atoms with Crippen LogP contribution in [0.25, 0.3) is 0 Å². The quantitative estimate of drug-likeness (QED) is 0.634. The van der Waals surface area contributed by atoms with Crippen LogP contribution in [0, 0.1) is 10.1 Å². The summed E-state index contributed by atoms with van der Waals surface area (Å²) in [6.45, 7) is -0.415. The molecular formula is C13H13N3O5. The number of aromatic nitrogens is 2. The summed E-state index contributed by atoms with van der Waals surface area (Å²) in [6.07, 6.45) is 3.14. The summed E-state index contributed by atoms with van der Waals surface area (Å²) in [6, 6.07) is 4.26. The fourth-order valence-corrected chi connectivity index (χ4v) is 1.71. The minimum Gasteiger partial charge on any atom is -0.493 e. The van der Waals surface area contributed by atoms with Crippen LogP contribution >= 0.6 is 0 Å². The number of ether oxygens (including phenoxy) is 2. The number of aliphatic hydroxyl groups is 1. The molecule has 0 aliphatic carbocycles. The molecule has 2 rings (SSSR count). The maximum atomic E-state index is 11.0. The van der Waals surface area contributed by atoms with Crippen LogP contribution in [0.4, 0.5) is 5.69 Å². The maximum Gasteiger partial charge on any atom is 0.278 e. The number of methoxy groups -OCH3 is 1. The Hall–Kier alpha value is -2.74. The highest BCUT2D eigenvalue weighted by molar-refractivity contribution is 5.54.